The molecule has 0 saturated carbocycles. The maximum Gasteiger partial charge on any atom is 0.265 e. The van der Waals surface area contributed by atoms with Crippen molar-refractivity contribution in [3.8, 4) is 5.75 Å². The first-order chi connectivity index (χ1) is 12.5. The van der Waals surface area contributed by atoms with Gasteiger partial charge in [0.1, 0.15) is 17.9 Å². The molecular formula is C19H15BrN2O3S. The van der Waals surface area contributed by atoms with Crippen molar-refractivity contribution in [2.24, 2.45) is 0 Å². The zero-order valence-electron chi connectivity index (χ0n) is 13.9. The van der Waals surface area contributed by atoms with E-state index >= 15 is 0 Å². The quantitative estimate of drug-likeness (QED) is 0.459. The Morgan fingerprint density at radius 2 is 1.92 bits per heavy atom. The van der Waals surface area contributed by atoms with Crippen LogP contribution in [0.1, 0.15) is 11.1 Å². The Kier molecular flexibility index (Phi) is 5.49. The molecule has 2 amide bonds. The molecule has 7 heteroatoms. The number of nitrogens with zero attached hydrogens (tertiary/aromatic N) is 1. The van der Waals surface area contributed by atoms with E-state index in [9.17, 15) is 9.59 Å². The molecule has 2 aromatic carbocycles. The maximum absolute atomic E-state index is 12.4. The summed E-state index contributed by atoms with van der Waals surface area (Å²) in [6, 6.07) is 15.2. The fourth-order valence-corrected chi connectivity index (χ4v) is 2.95. The van der Waals surface area contributed by atoms with Crippen molar-refractivity contribution in [3.05, 3.63) is 69.7 Å². The van der Waals surface area contributed by atoms with E-state index in [1.165, 1.54) is 18.0 Å². The van der Waals surface area contributed by atoms with Crippen molar-refractivity contribution >= 4 is 51.2 Å². The minimum atomic E-state index is -0.521. The predicted molar refractivity (Wildman–Crippen MR) is 106 cm³/mol. The number of thiocarbonyl (C=S) groups is 1. The second-order valence-electron chi connectivity index (χ2n) is 5.64. The second kappa shape index (κ2) is 7.80. The summed E-state index contributed by atoms with van der Waals surface area (Å²) in [5.74, 6) is -0.402. The van der Waals surface area contributed by atoms with Gasteiger partial charge in [0.2, 0.25) is 0 Å². The first-order valence-electron chi connectivity index (χ1n) is 7.77. The molecule has 1 aliphatic heterocycles. The summed E-state index contributed by atoms with van der Waals surface area (Å²) in [7, 11) is 1.52. The Balaban J connectivity index is 1.91. The molecule has 1 aliphatic rings. The van der Waals surface area contributed by atoms with Crippen LogP contribution in [-0.2, 0) is 16.2 Å². The third-order valence-electron chi connectivity index (χ3n) is 3.81. The number of hydrogen-bond donors (Lipinski definition) is 1. The summed E-state index contributed by atoms with van der Waals surface area (Å²) in [6.45, 7) is 0.378. The second-order valence-corrected chi connectivity index (χ2v) is 6.94. The monoisotopic (exact) mass is 430 g/mol. The van der Waals surface area contributed by atoms with Crippen molar-refractivity contribution in [3.63, 3.8) is 0 Å². The van der Waals surface area contributed by atoms with E-state index in [1.54, 1.807) is 12.1 Å². The molecule has 26 heavy (non-hydrogen) atoms. The molecule has 1 heterocycles. The van der Waals surface area contributed by atoms with Crippen LogP contribution in [-0.4, -0.2) is 28.9 Å². The Hall–Kier alpha value is -2.51. The first kappa shape index (κ1) is 18.3. The van der Waals surface area contributed by atoms with E-state index in [0.717, 1.165) is 10.0 Å². The van der Waals surface area contributed by atoms with E-state index in [-0.39, 0.29) is 10.7 Å². The molecule has 1 saturated heterocycles. The molecule has 0 spiro atoms. The lowest BCUT2D eigenvalue weighted by molar-refractivity contribution is -0.128. The maximum atomic E-state index is 12.4. The topological polar surface area (TPSA) is 58.6 Å². The number of hydrogen-bond acceptors (Lipinski definition) is 4. The molecule has 1 fully saturated rings. The molecular weight excluding hydrogens is 416 g/mol. The van der Waals surface area contributed by atoms with E-state index in [0.29, 0.717) is 17.9 Å². The number of amides is 2. The fourth-order valence-electron chi connectivity index (χ4n) is 2.40. The van der Waals surface area contributed by atoms with Gasteiger partial charge in [-0.1, -0.05) is 46.3 Å². The van der Waals surface area contributed by atoms with Crippen molar-refractivity contribution < 1.29 is 14.3 Å². The number of halogens is 1. The van der Waals surface area contributed by atoms with Gasteiger partial charge in [0, 0.05) is 17.1 Å². The molecule has 0 unspecified atom stereocenters. The Bertz CT molecular complexity index is 912. The number of carbonyl (C=O) groups is 2. The third-order valence-corrected chi connectivity index (χ3v) is 4.68. The van der Waals surface area contributed by atoms with Gasteiger partial charge in [-0.3, -0.25) is 19.8 Å². The van der Waals surface area contributed by atoms with Crippen LogP contribution < -0.4 is 10.1 Å². The van der Waals surface area contributed by atoms with E-state index in [4.69, 9.17) is 17.0 Å². The van der Waals surface area contributed by atoms with Gasteiger partial charge in [-0.05, 0) is 42.1 Å². The highest BCUT2D eigenvalue weighted by Crippen LogP contribution is 2.27. The zero-order valence-corrected chi connectivity index (χ0v) is 16.3. The molecule has 0 radical (unpaired) electrons. The first-order valence-corrected chi connectivity index (χ1v) is 8.97. The minimum Gasteiger partial charge on any atom is -0.488 e. The molecule has 132 valence electrons. The smallest absolute Gasteiger partial charge is 0.265 e. The summed E-state index contributed by atoms with van der Waals surface area (Å²) in [6.07, 6.45) is 1.51. The Morgan fingerprint density at radius 1 is 1.19 bits per heavy atom. The normalized spacial score (nSPS) is 16.0. The SMILES string of the molecule is CN1C(=O)/C(=C/c2cc(Br)ccc2OCc2ccccc2)C(=O)NC1=S. The zero-order chi connectivity index (χ0) is 18.7. The summed E-state index contributed by atoms with van der Waals surface area (Å²) in [4.78, 5) is 25.8. The fraction of sp³-hybridized carbons (Fsp3) is 0.105. The van der Waals surface area contributed by atoms with Gasteiger partial charge in [0.05, 0.1) is 0 Å². The van der Waals surface area contributed by atoms with Gasteiger partial charge in [-0.15, -0.1) is 0 Å². The highest BCUT2D eigenvalue weighted by atomic mass is 79.9. The largest absolute Gasteiger partial charge is 0.488 e. The van der Waals surface area contributed by atoms with Crippen LogP contribution in [0.3, 0.4) is 0 Å². The average molecular weight is 431 g/mol. The summed E-state index contributed by atoms with van der Waals surface area (Å²) < 4.78 is 6.70. The van der Waals surface area contributed by atoms with Crippen LogP contribution in [0.4, 0.5) is 0 Å². The molecule has 5 nitrogen and oxygen atoms in total. The van der Waals surface area contributed by atoms with E-state index in [1.807, 2.05) is 36.4 Å². The molecule has 0 atom stereocenters. The summed E-state index contributed by atoms with van der Waals surface area (Å²) >= 11 is 8.36. The lowest BCUT2D eigenvalue weighted by atomic mass is 10.1. The van der Waals surface area contributed by atoms with Crippen LogP contribution in [0.25, 0.3) is 6.08 Å². The van der Waals surface area contributed by atoms with Crippen LogP contribution in [0, 0.1) is 0 Å². The van der Waals surface area contributed by atoms with Crippen molar-refractivity contribution in [2.75, 3.05) is 7.05 Å². The summed E-state index contributed by atoms with van der Waals surface area (Å²) in [5, 5.41) is 2.59. The molecule has 0 bridgehead atoms. The van der Waals surface area contributed by atoms with Crippen molar-refractivity contribution in [2.45, 2.75) is 6.61 Å². The molecule has 1 N–H and O–H groups in total. The molecule has 3 rings (SSSR count). The highest BCUT2D eigenvalue weighted by Gasteiger charge is 2.31. The van der Waals surface area contributed by atoms with Gasteiger partial charge in [0.25, 0.3) is 11.8 Å². The van der Waals surface area contributed by atoms with E-state index < -0.39 is 11.8 Å². The lowest BCUT2D eigenvalue weighted by Crippen LogP contribution is -2.52. The molecule has 0 aliphatic carbocycles. The number of ether oxygens (including phenoxy) is 1. The number of carbonyl (C=O) groups excluding carboxylic acids is 2. The van der Waals surface area contributed by atoms with Gasteiger partial charge >= 0.3 is 0 Å². The van der Waals surface area contributed by atoms with Crippen LogP contribution >= 0.6 is 28.1 Å². The highest BCUT2D eigenvalue weighted by molar-refractivity contribution is 9.10. The number of likely N-dealkylation sites (N-methyl/N-ethyl adjacent to an activating group) is 1. The lowest BCUT2D eigenvalue weighted by Gasteiger charge is -2.25. The van der Waals surface area contributed by atoms with Gasteiger partial charge < -0.3 is 4.74 Å². The third kappa shape index (κ3) is 4.00. The minimum absolute atomic E-state index is 0.00348. The van der Waals surface area contributed by atoms with Gasteiger partial charge in [0.15, 0.2) is 5.11 Å². The standard InChI is InChI=1S/C19H15BrN2O3S/c1-22-18(24)15(17(23)21-19(22)26)10-13-9-14(20)7-8-16(13)25-11-12-5-3-2-4-6-12/h2-10H,11H2,1H3,(H,21,23,26)/b15-10+. The number of benzene rings is 2. The van der Waals surface area contributed by atoms with Gasteiger partial charge in [-0.2, -0.15) is 0 Å². The van der Waals surface area contributed by atoms with Crippen LogP contribution in [0.15, 0.2) is 58.6 Å². The van der Waals surface area contributed by atoms with Crippen LogP contribution in [0.5, 0.6) is 5.75 Å². The average Bonchev–Trinajstić information content (AvgIpc) is 2.63. The predicted octanol–water partition coefficient (Wildman–Crippen LogP) is 3.28. The molecule has 2 aromatic rings. The van der Waals surface area contributed by atoms with Gasteiger partial charge in [-0.25, -0.2) is 0 Å². The Labute approximate surface area is 164 Å². The number of rotatable bonds is 4. The van der Waals surface area contributed by atoms with Crippen molar-refractivity contribution in [1.82, 2.24) is 10.2 Å². The Morgan fingerprint density at radius 3 is 2.65 bits per heavy atom. The van der Waals surface area contributed by atoms with Crippen molar-refractivity contribution in [1.29, 1.82) is 0 Å². The summed E-state index contributed by atoms with van der Waals surface area (Å²) in [5.41, 5.74) is 1.64. The molecule has 0 aromatic heterocycles. The number of nitrogens with one attached hydrogen (secondary N) is 1. The van der Waals surface area contributed by atoms with E-state index in [2.05, 4.69) is 21.2 Å². The van der Waals surface area contributed by atoms with Crippen LogP contribution in [0.2, 0.25) is 0 Å².